The van der Waals surface area contributed by atoms with Crippen molar-refractivity contribution in [3.63, 3.8) is 0 Å². The molecule has 0 amide bonds. The number of aromatic nitrogens is 2. The normalized spacial score (nSPS) is 11.8. The highest BCUT2D eigenvalue weighted by atomic mass is 19.4. The van der Waals surface area contributed by atoms with E-state index in [4.69, 9.17) is 4.74 Å². The summed E-state index contributed by atoms with van der Waals surface area (Å²) in [6.45, 7) is 5.76. The van der Waals surface area contributed by atoms with E-state index in [2.05, 4.69) is 9.88 Å². The van der Waals surface area contributed by atoms with Crippen molar-refractivity contribution in [1.82, 2.24) is 9.97 Å². The average Bonchev–Trinajstić information content (AvgIpc) is 2.60. The Morgan fingerprint density at radius 1 is 1.19 bits per heavy atom. The van der Waals surface area contributed by atoms with Crippen LogP contribution in [0, 0.1) is 0 Å². The van der Waals surface area contributed by atoms with Gasteiger partial charge in [0, 0.05) is 30.4 Å². The van der Waals surface area contributed by atoms with Gasteiger partial charge in [-0.15, -0.1) is 0 Å². The molecule has 1 aromatic heterocycles. The summed E-state index contributed by atoms with van der Waals surface area (Å²) in [6, 6.07) is 6.36. The third-order valence-electron chi connectivity index (χ3n) is 3.85. The van der Waals surface area contributed by atoms with Gasteiger partial charge in [0.1, 0.15) is 11.4 Å². The molecule has 0 saturated heterocycles. The molecular formula is C18H20F3N3O2. The quantitative estimate of drug-likeness (QED) is 0.843. The van der Waals surface area contributed by atoms with Gasteiger partial charge in [-0.3, -0.25) is 0 Å². The van der Waals surface area contributed by atoms with Crippen molar-refractivity contribution in [1.29, 1.82) is 0 Å². The maximum atomic E-state index is 12.8. The molecule has 0 saturated carbocycles. The molecule has 1 N–H and O–H groups in total. The van der Waals surface area contributed by atoms with Gasteiger partial charge in [0.2, 0.25) is 0 Å². The first-order chi connectivity index (χ1) is 12.3. The second kappa shape index (κ2) is 8.07. The summed E-state index contributed by atoms with van der Waals surface area (Å²) >= 11 is 0. The summed E-state index contributed by atoms with van der Waals surface area (Å²) in [5, 5.41) is 0. The van der Waals surface area contributed by atoms with E-state index in [1.54, 1.807) is 17.1 Å². The zero-order valence-electron chi connectivity index (χ0n) is 14.7. The first-order valence-corrected chi connectivity index (χ1v) is 8.08. The number of hydrogen-bond acceptors (Lipinski definition) is 4. The smallest absolute Gasteiger partial charge is 0.431 e. The fourth-order valence-electron chi connectivity index (χ4n) is 2.51. The third-order valence-corrected chi connectivity index (χ3v) is 3.85. The van der Waals surface area contributed by atoms with Gasteiger partial charge in [0.25, 0.3) is 0 Å². The first-order valence-electron chi connectivity index (χ1n) is 8.08. The Balaban J connectivity index is 2.36. The summed E-state index contributed by atoms with van der Waals surface area (Å²) in [5.74, 6) is 0.575. The highest BCUT2D eigenvalue weighted by Crippen LogP contribution is 2.29. The van der Waals surface area contributed by atoms with E-state index in [0.717, 1.165) is 24.8 Å². The molecule has 0 unspecified atom stereocenters. The van der Waals surface area contributed by atoms with Crippen molar-refractivity contribution in [2.45, 2.75) is 20.0 Å². The summed E-state index contributed by atoms with van der Waals surface area (Å²) < 4.78 is 43.7. The van der Waals surface area contributed by atoms with Crippen molar-refractivity contribution in [3.8, 4) is 5.75 Å². The van der Waals surface area contributed by atoms with Crippen LogP contribution >= 0.6 is 0 Å². The molecule has 0 aliphatic rings. The van der Waals surface area contributed by atoms with E-state index in [1.165, 1.54) is 13.2 Å². The van der Waals surface area contributed by atoms with E-state index in [0.29, 0.717) is 11.3 Å². The molecule has 0 spiro atoms. The van der Waals surface area contributed by atoms with Gasteiger partial charge in [-0.25, -0.2) is 4.79 Å². The van der Waals surface area contributed by atoms with E-state index in [-0.39, 0.29) is 5.69 Å². The lowest BCUT2D eigenvalue weighted by atomic mass is 10.1. The number of hydrogen-bond donors (Lipinski definition) is 1. The lowest BCUT2D eigenvalue weighted by molar-refractivity contribution is -0.141. The topological polar surface area (TPSA) is 58.2 Å². The molecule has 2 rings (SSSR count). The largest absolute Gasteiger partial charge is 0.496 e. The second-order valence-corrected chi connectivity index (χ2v) is 5.45. The predicted molar refractivity (Wildman–Crippen MR) is 95.3 cm³/mol. The first kappa shape index (κ1) is 19.6. The number of methoxy groups -OCH3 is 1. The van der Waals surface area contributed by atoms with Crippen molar-refractivity contribution in [2.75, 3.05) is 25.1 Å². The van der Waals surface area contributed by atoms with Crippen LogP contribution in [-0.2, 0) is 6.18 Å². The molecule has 8 heteroatoms. The molecular weight excluding hydrogens is 347 g/mol. The van der Waals surface area contributed by atoms with Gasteiger partial charge in [0.15, 0.2) is 0 Å². The van der Waals surface area contributed by atoms with Crippen LogP contribution in [0.5, 0.6) is 5.75 Å². The Hall–Kier alpha value is -2.77. The number of benzene rings is 1. The minimum atomic E-state index is -4.65. The molecule has 140 valence electrons. The van der Waals surface area contributed by atoms with Gasteiger partial charge in [0.05, 0.1) is 12.8 Å². The van der Waals surface area contributed by atoms with Crippen molar-refractivity contribution in [2.24, 2.45) is 0 Å². The van der Waals surface area contributed by atoms with Gasteiger partial charge in [-0.2, -0.15) is 18.2 Å². The molecule has 5 nitrogen and oxygen atoms in total. The molecule has 0 bridgehead atoms. The Bertz CT molecular complexity index is 840. The lowest BCUT2D eigenvalue weighted by Gasteiger charge is -2.22. The number of nitrogens with zero attached hydrogens (tertiary/aromatic N) is 2. The van der Waals surface area contributed by atoms with Crippen LogP contribution < -0.4 is 15.3 Å². The molecule has 2 aromatic rings. The number of rotatable bonds is 6. The van der Waals surface area contributed by atoms with E-state index >= 15 is 0 Å². The van der Waals surface area contributed by atoms with Crippen molar-refractivity contribution >= 4 is 17.8 Å². The Kier molecular flexibility index (Phi) is 6.07. The molecule has 0 fully saturated rings. The predicted octanol–water partition coefficient (Wildman–Crippen LogP) is 3.81. The standard InChI is InChI=1S/C18H20F3N3O2/c1-4-24(5-2)14-9-7-12(15(11-14)26-3)6-8-13-10-16(18(19,20)21)23-17(25)22-13/h6-11H,4-5H2,1-3H3,(H,22,23,25). The lowest BCUT2D eigenvalue weighted by Crippen LogP contribution is -2.21. The van der Waals surface area contributed by atoms with E-state index in [9.17, 15) is 18.0 Å². The highest BCUT2D eigenvalue weighted by Gasteiger charge is 2.32. The molecule has 1 heterocycles. The minimum Gasteiger partial charge on any atom is -0.496 e. The fourth-order valence-corrected chi connectivity index (χ4v) is 2.51. The van der Waals surface area contributed by atoms with Gasteiger partial charge < -0.3 is 14.6 Å². The number of alkyl halides is 3. The third kappa shape index (κ3) is 4.65. The van der Waals surface area contributed by atoms with Crippen LogP contribution in [0.1, 0.15) is 30.8 Å². The average molecular weight is 367 g/mol. The molecule has 0 aliphatic heterocycles. The van der Waals surface area contributed by atoms with Crippen LogP contribution in [0.25, 0.3) is 12.2 Å². The Labute approximate surface area is 149 Å². The maximum absolute atomic E-state index is 12.8. The van der Waals surface area contributed by atoms with Crippen LogP contribution in [0.2, 0.25) is 0 Å². The number of halogens is 3. The van der Waals surface area contributed by atoms with Crippen LogP contribution in [-0.4, -0.2) is 30.2 Å². The number of aromatic amines is 1. The molecule has 0 aliphatic carbocycles. The SMILES string of the molecule is CCN(CC)c1ccc(C=Cc2cc(C(F)(F)F)[nH]c(=O)n2)c(OC)c1. The van der Waals surface area contributed by atoms with Gasteiger partial charge >= 0.3 is 11.9 Å². The van der Waals surface area contributed by atoms with Crippen LogP contribution in [0.15, 0.2) is 29.1 Å². The number of H-pyrrole nitrogens is 1. The Morgan fingerprint density at radius 2 is 1.88 bits per heavy atom. The second-order valence-electron chi connectivity index (χ2n) is 5.45. The van der Waals surface area contributed by atoms with Crippen molar-refractivity contribution in [3.05, 3.63) is 51.7 Å². The zero-order chi connectivity index (χ0) is 19.3. The fraction of sp³-hybridized carbons (Fsp3) is 0.333. The number of nitrogens with one attached hydrogen (secondary N) is 1. The van der Waals surface area contributed by atoms with E-state index < -0.39 is 17.6 Å². The molecule has 0 atom stereocenters. The van der Waals surface area contributed by atoms with E-state index in [1.807, 2.05) is 26.0 Å². The monoisotopic (exact) mass is 367 g/mol. The number of ether oxygens (including phenoxy) is 1. The minimum absolute atomic E-state index is 0.0871. The molecule has 26 heavy (non-hydrogen) atoms. The van der Waals surface area contributed by atoms with Crippen LogP contribution in [0.3, 0.4) is 0 Å². The summed E-state index contributed by atoms with van der Waals surface area (Å²) in [7, 11) is 1.52. The zero-order valence-corrected chi connectivity index (χ0v) is 14.7. The molecule has 0 radical (unpaired) electrons. The number of anilines is 1. The van der Waals surface area contributed by atoms with Gasteiger partial charge in [-0.05, 0) is 44.2 Å². The molecule has 1 aromatic carbocycles. The van der Waals surface area contributed by atoms with Gasteiger partial charge in [-0.1, -0.05) is 0 Å². The summed E-state index contributed by atoms with van der Waals surface area (Å²) in [5.41, 5.74) is -0.628. The Morgan fingerprint density at radius 3 is 2.46 bits per heavy atom. The summed E-state index contributed by atoms with van der Waals surface area (Å²) in [6.07, 6.45) is -1.74. The van der Waals surface area contributed by atoms with Crippen LogP contribution in [0.4, 0.5) is 18.9 Å². The highest BCUT2D eigenvalue weighted by molar-refractivity contribution is 5.73. The summed E-state index contributed by atoms with van der Waals surface area (Å²) in [4.78, 5) is 18.7. The maximum Gasteiger partial charge on any atom is 0.431 e. The van der Waals surface area contributed by atoms with Crippen molar-refractivity contribution < 1.29 is 17.9 Å².